The number of fused-ring (bicyclic) bond motifs is 1. The highest BCUT2D eigenvalue weighted by atomic mass is 16.5. The zero-order valence-corrected chi connectivity index (χ0v) is 19.6. The van der Waals surface area contributed by atoms with E-state index in [2.05, 4.69) is 15.2 Å². The predicted molar refractivity (Wildman–Crippen MR) is 126 cm³/mol. The lowest BCUT2D eigenvalue weighted by Gasteiger charge is -2.20. The average Bonchev–Trinajstić information content (AvgIpc) is 3.31. The Labute approximate surface area is 201 Å². The van der Waals surface area contributed by atoms with Gasteiger partial charge in [-0.05, 0) is 23.8 Å². The Balaban J connectivity index is 1.42. The lowest BCUT2D eigenvalue weighted by atomic mass is 10.1. The van der Waals surface area contributed by atoms with Gasteiger partial charge in [-0.1, -0.05) is 29.4 Å². The number of hydrogen-bond donors (Lipinski definition) is 1. The van der Waals surface area contributed by atoms with Gasteiger partial charge in [-0.15, -0.1) is 0 Å². The molecule has 0 saturated heterocycles. The van der Waals surface area contributed by atoms with Crippen LogP contribution >= 0.6 is 0 Å². The van der Waals surface area contributed by atoms with Gasteiger partial charge in [-0.25, -0.2) is 4.79 Å². The monoisotopic (exact) mass is 480 g/mol. The number of ether oxygens (including phenoxy) is 3. The van der Waals surface area contributed by atoms with Gasteiger partial charge in [0.15, 0.2) is 12.3 Å². The topological polar surface area (TPSA) is 124 Å². The number of amides is 2. The Morgan fingerprint density at radius 3 is 2.63 bits per heavy atom. The highest BCUT2D eigenvalue weighted by molar-refractivity contribution is 6.03. The fourth-order valence-electron chi connectivity index (χ4n) is 3.73. The molecule has 0 unspecified atom stereocenters. The molecule has 0 spiro atoms. The van der Waals surface area contributed by atoms with Crippen LogP contribution in [0.4, 0.5) is 5.69 Å². The number of esters is 1. The molecule has 2 heterocycles. The Bertz CT molecular complexity index is 1240. The van der Waals surface area contributed by atoms with Gasteiger partial charge in [-0.3, -0.25) is 9.59 Å². The van der Waals surface area contributed by atoms with E-state index in [1.807, 2.05) is 24.3 Å². The maximum absolute atomic E-state index is 13.0. The van der Waals surface area contributed by atoms with Crippen molar-refractivity contribution in [2.45, 2.75) is 19.1 Å². The smallest absolute Gasteiger partial charge is 0.337 e. The summed E-state index contributed by atoms with van der Waals surface area (Å²) in [5, 5.41) is 6.51. The first kappa shape index (κ1) is 24.0. The van der Waals surface area contributed by atoms with Crippen LogP contribution in [0.2, 0.25) is 0 Å². The van der Waals surface area contributed by atoms with Crippen molar-refractivity contribution >= 4 is 23.5 Å². The quantitative estimate of drug-likeness (QED) is 0.404. The first-order valence-electron chi connectivity index (χ1n) is 10.9. The normalized spacial score (nSPS) is 15.1. The molecule has 0 radical (unpaired) electrons. The van der Waals surface area contributed by atoms with Crippen molar-refractivity contribution < 1.29 is 33.1 Å². The number of carbonyl (C=O) groups is 3. The van der Waals surface area contributed by atoms with Crippen LogP contribution in [-0.4, -0.2) is 61.6 Å². The summed E-state index contributed by atoms with van der Waals surface area (Å²) in [4.78, 5) is 39.0. The molecule has 0 bridgehead atoms. The summed E-state index contributed by atoms with van der Waals surface area (Å²) in [5.41, 5.74) is 2.86. The van der Waals surface area contributed by atoms with Crippen molar-refractivity contribution in [3.63, 3.8) is 0 Å². The minimum absolute atomic E-state index is 0.0617. The Morgan fingerprint density at radius 1 is 1.17 bits per heavy atom. The van der Waals surface area contributed by atoms with E-state index in [4.69, 9.17) is 14.0 Å². The number of aromatic nitrogens is 1. The van der Waals surface area contributed by atoms with E-state index in [9.17, 15) is 14.4 Å². The van der Waals surface area contributed by atoms with Crippen LogP contribution in [0.15, 0.2) is 53.1 Å². The molecule has 1 aliphatic heterocycles. The van der Waals surface area contributed by atoms with E-state index in [0.29, 0.717) is 30.2 Å². The van der Waals surface area contributed by atoms with E-state index in [0.717, 1.165) is 11.1 Å². The number of rotatable bonds is 7. The maximum Gasteiger partial charge on any atom is 0.337 e. The largest absolute Gasteiger partial charge is 0.489 e. The minimum Gasteiger partial charge on any atom is -0.489 e. The first-order chi connectivity index (χ1) is 16.9. The molecule has 10 heteroatoms. The molecule has 2 N–H and O–H groups in total. The van der Waals surface area contributed by atoms with Gasteiger partial charge in [0, 0.05) is 25.1 Å². The average molecular weight is 480 g/mol. The Hall–Kier alpha value is -4.18. The molecule has 2 aromatic carbocycles. The van der Waals surface area contributed by atoms with Crippen molar-refractivity contribution in [2.75, 3.05) is 32.8 Å². The summed E-state index contributed by atoms with van der Waals surface area (Å²) in [5.74, 6) is -0.561. The fourth-order valence-corrected chi connectivity index (χ4v) is 3.73. The second-order valence-corrected chi connectivity index (χ2v) is 8.05. The minimum atomic E-state index is -0.960. The van der Waals surface area contributed by atoms with E-state index >= 15 is 0 Å². The third kappa shape index (κ3) is 5.33. The van der Waals surface area contributed by atoms with Crippen molar-refractivity contribution in [1.29, 1.82) is 0 Å². The van der Waals surface area contributed by atoms with Crippen molar-refractivity contribution in [3.8, 4) is 5.75 Å². The summed E-state index contributed by atoms with van der Waals surface area (Å²) < 4.78 is 19.9. The third-order valence-electron chi connectivity index (χ3n) is 5.61. The third-order valence-corrected chi connectivity index (χ3v) is 5.61. The number of aliphatic hydroxyl groups is 2. The van der Waals surface area contributed by atoms with E-state index in [-0.39, 0.29) is 17.9 Å². The van der Waals surface area contributed by atoms with Crippen LogP contribution in [0.1, 0.15) is 37.7 Å². The van der Waals surface area contributed by atoms with Crippen LogP contribution in [0.5, 0.6) is 5.75 Å². The number of hydrogen-bond acceptors (Lipinski definition) is 7. The molecule has 2 amide bonds. The van der Waals surface area contributed by atoms with Crippen LogP contribution < -0.4 is 15.0 Å². The molecule has 1 atom stereocenters. The van der Waals surface area contributed by atoms with Gasteiger partial charge < -0.3 is 29.0 Å². The number of anilines is 1. The number of nitrogens with one attached hydrogen (secondary N) is 1. The van der Waals surface area contributed by atoms with E-state index < -0.39 is 23.8 Å². The molecule has 0 saturated carbocycles. The number of methoxy groups -OCH3 is 1. The van der Waals surface area contributed by atoms with Crippen LogP contribution in [0.3, 0.4) is 0 Å². The second kappa shape index (κ2) is 10.4. The van der Waals surface area contributed by atoms with Crippen LogP contribution in [0, 0.1) is 0 Å². The molecule has 1 aliphatic rings. The Kier molecular flexibility index (Phi) is 7.11. The van der Waals surface area contributed by atoms with Crippen molar-refractivity contribution in [3.05, 3.63) is 76.7 Å². The first-order valence-corrected chi connectivity index (χ1v) is 10.9. The lowest BCUT2D eigenvalue weighted by Crippen LogP contribution is -2.49. The van der Waals surface area contributed by atoms with Crippen molar-refractivity contribution in [1.82, 2.24) is 10.5 Å². The molecule has 182 valence electrons. The molecule has 10 nitrogen and oxygen atoms in total. The highest BCUT2D eigenvalue weighted by Gasteiger charge is 2.32. The number of likely N-dealkylation sites (N-methyl/N-ethyl adjacent to an activating group) is 1. The van der Waals surface area contributed by atoms with Gasteiger partial charge in [0.2, 0.25) is 0 Å². The van der Waals surface area contributed by atoms with E-state index in [1.165, 1.54) is 18.1 Å². The molecule has 0 aliphatic carbocycles. The predicted octanol–water partition coefficient (Wildman–Crippen LogP) is 1.86. The van der Waals surface area contributed by atoms with Gasteiger partial charge in [0.25, 0.3) is 11.8 Å². The zero-order valence-electron chi connectivity index (χ0n) is 19.6. The second-order valence-electron chi connectivity index (χ2n) is 8.05. The molecule has 3 aromatic rings. The maximum atomic E-state index is 13.0. The van der Waals surface area contributed by atoms with Gasteiger partial charge >= 0.3 is 5.97 Å². The molecule has 4 rings (SSSR count). The van der Waals surface area contributed by atoms with Gasteiger partial charge in [-0.2, -0.15) is 0 Å². The SMILES string of the molecule is COC(=O)c1ccc2c(c1)N(C)C(=O)[C@@H](NC(=O)c1cc(Cc3ccc(C[OH+]C)cc3)on1)CO2. The number of carbonyl (C=O) groups excluding carboxylic acids is 3. The Morgan fingerprint density at radius 2 is 1.91 bits per heavy atom. The summed E-state index contributed by atoms with van der Waals surface area (Å²) in [6.45, 7) is 0.573. The summed E-state index contributed by atoms with van der Waals surface area (Å²) in [7, 11) is 4.59. The van der Waals surface area contributed by atoms with Gasteiger partial charge in [0.05, 0.1) is 18.4 Å². The number of benzene rings is 2. The molecular formula is C25H26N3O7+. The molecular weight excluding hydrogens is 454 g/mol. The zero-order chi connectivity index (χ0) is 24.9. The van der Waals surface area contributed by atoms with Gasteiger partial charge in [0.1, 0.15) is 31.3 Å². The van der Waals surface area contributed by atoms with Crippen LogP contribution in [-0.2, 0) is 22.6 Å². The molecule has 1 aromatic heterocycles. The van der Waals surface area contributed by atoms with Crippen LogP contribution in [0.25, 0.3) is 0 Å². The van der Waals surface area contributed by atoms with E-state index in [1.54, 1.807) is 32.4 Å². The summed E-state index contributed by atoms with van der Waals surface area (Å²) >= 11 is 0. The lowest BCUT2D eigenvalue weighted by molar-refractivity contribution is -0.120. The standard InChI is InChI=1S/C25H25N3O7/c1-28-21-11-17(25(31)33-3)8-9-22(21)34-14-20(24(28)30)26-23(29)19-12-18(35-27-19)10-15-4-6-16(7-5-15)13-32-2/h4-9,11-12,20H,10,13-14H2,1-3H3,(H,26,29)/p+1/t20-/m0/s1. The fraction of sp³-hybridized carbons (Fsp3) is 0.280. The highest BCUT2D eigenvalue weighted by Crippen LogP contribution is 2.32. The van der Waals surface area contributed by atoms with Crippen molar-refractivity contribution in [2.24, 2.45) is 0 Å². The summed E-state index contributed by atoms with van der Waals surface area (Å²) in [6.07, 6.45) is 0.468. The molecule has 35 heavy (non-hydrogen) atoms. The number of nitrogens with zero attached hydrogens (tertiary/aromatic N) is 2. The summed E-state index contributed by atoms with van der Waals surface area (Å²) in [6, 6.07) is 13.2. The molecule has 0 fully saturated rings.